The summed E-state index contributed by atoms with van der Waals surface area (Å²) in [6.45, 7) is 0.150. The van der Waals surface area contributed by atoms with Crippen LogP contribution in [-0.4, -0.2) is 30.2 Å². The van der Waals surface area contributed by atoms with E-state index in [1.54, 1.807) is 0 Å². The fourth-order valence-electron chi connectivity index (χ4n) is 0.700. The summed E-state index contributed by atoms with van der Waals surface area (Å²) in [5.41, 5.74) is 0. The molecule has 0 bridgehead atoms. The fourth-order valence-corrected chi connectivity index (χ4v) is 0.700. The molecule has 46 valence electrons. The van der Waals surface area contributed by atoms with Gasteiger partial charge in [-0.3, -0.25) is 4.79 Å². The molecule has 0 spiro atoms. The van der Waals surface area contributed by atoms with Crippen molar-refractivity contribution < 1.29 is 14.6 Å². The van der Waals surface area contributed by atoms with E-state index >= 15 is 0 Å². The van der Waals surface area contributed by atoms with Gasteiger partial charge in [0.1, 0.15) is 6.61 Å². The number of ketones is 1. The number of carbonyl (C=O) groups excluding carboxylic acids is 1. The minimum absolute atomic E-state index is 0.0360. The van der Waals surface area contributed by atoms with E-state index in [1.807, 2.05) is 0 Å². The number of ether oxygens (including phenoxy) is 1. The molecular weight excluding hydrogens is 108 g/mol. The molecule has 0 radical (unpaired) electrons. The lowest BCUT2D eigenvalue weighted by Crippen LogP contribution is -2.09. The zero-order valence-electron chi connectivity index (χ0n) is 4.46. The van der Waals surface area contributed by atoms with E-state index in [4.69, 9.17) is 9.84 Å². The molecule has 1 aliphatic heterocycles. The summed E-state index contributed by atoms with van der Waals surface area (Å²) in [5.74, 6) is 0.0871. The zero-order valence-corrected chi connectivity index (χ0v) is 4.46. The molecular formula is C5H8O3. The van der Waals surface area contributed by atoms with Crippen molar-refractivity contribution in [3.05, 3.63) is 0 Å². The van der Waals surface area contributed by atoms with Gasteiger partial charge in [0.15, 0.2) is 5.78 Å². The van der Waals surface area contributed by atoms with Crippen LogP contribution >= 0.6 is 0 Å². The quantitative estimate of drug-likeness (QED) is 0.494. The van der Waals surface area contributed by atoms with Gasteiger partial charge in [-0.15, -0.1) is 0 Å². The summed E-state index contributed by atoms with van der Waals surface area (Å²) in [7, 11) is 0. The van der Waals surface area contributed by atoms with Gasteiger partial charge in [-0.05, 0) is 0 Å². The number of hydrogen-bond donors (Lipinski definition) is 1. The van der Waals surface area contributed by atoms with E-state index in [0.717, 1.165) is 0 Å². The molecule has 0 saturated carbocycles. The standard InChI is InChI=1S/C5H8O3/c6-2-5-1-4(7)3-8-5/h5-6H,1-3H2. The van der Waals surface area contributed by atoms with Gasteiger partial charge in [0.05, 0.1) is 12.7 Å². The molecule has 8 heavy (non-hydrogen) atoms. The molecule has 1 rings (SSSR count). The third-order valence-electron chi connectivity index (χ3n) is 1.14. The molecule has 0 amide bonds. The van der Waals surface area contributed by atoms with Gasteiger partial charge < -0.3 is 9.84 Å². The molecule has 1 atom stereocenters. The van der Waals surface area contributed by atoms with E-state index in [1.165, 1.54) is 0 Å². The highest BCUT2D eigenvalue weighted by atomic mass is 16.5. The lowest BCUT2D eigenvalue weighted by Gasteiger charge is -1.99. The zero-order chi connectivity index (χ0) is 5.98. The summed E-state index contributed by atoms with van der Waals surface area (Å²) >= 11 is 0. The smallest absolute Gasteiger partial charge is 0.161 e. The maximum atomic E-state index is 10.4. The molecule has 1 unspecified atom stereocenters. The first-order chi connectivity index (χ1) is 3.83. The van der Waals surface area contributed by atoms with E-state index in [9.17, 15) is 4.79 Å². The Labute approximate surface area is 47.3 Å². The van der Waals surface area contributed by atoms with Crippen molar-refractivity contribution in [2.24, 2.45) is 0 Å². The largest absolute Gasteiger partial charge is 0.394 e. The number of hydrogen-bond acceptors (Lipinski definition) is 3. The molecule has 0 aliphatic carbocycles. The Morgan fingerprint density at radius 1 is 1.88 bits per heavy atom. The molecule has 0 aromatic rings. The van der Waals surface area contributed by atoms with Crippen LogP contribution in [0.4, 0.5) is 0 Å². The van der Waals surface area contributed by atoms with Crippen molar-refractivity contribution in [2.45, 2.75) is 12.5 Å². The molecule has 1 saturated heterocycles. The van der Waals surface area contributed by atoms with Gasteiger partial charge in [0, 0.05) is 6.42 Å². The van der Waals surface area contributed by atoms with E-state index in [2.05, 4.69) is 0 Å². The topological polar surface area (TPSA) is 46.5 Å². The number of aliphatic hydroxyl groups is 1. The second kappa shape index (κ2) is 2.24. The summed E-state index contributed by atoms with van der Waals surface area (Å²) in [6.07, 6.45) is 0.166. The van der Waals surface area contributed by atoms with Crippen LogP contribution in [0.2, 0.25) is 0 Å². The van der Waals surface area contributed by atoms with Crippen LogP contribution < -0.4 is 0 Å². The Hall–Kier alpha value is -0.410. The summed E-state index contributed by atoms with van der Waals surface area (Å²) in [4.78, 5) is 10.4. The molecule has 1 heterocycles. The molecule has 0 aromatic carbocycles. The van der Waals surface area contributed by atoms with Crippen molar-refractivity contribution >= 4 is 5.78 Å². The van der Waals surface area contributed by atoms with Gasteiger partial charge in [-0.1, -0.05) is 0 Å². The van der Waals surface area contributed by atoms with E-state index in [0.29, 0.717) is 6.42 Å². The molecule has 1 aliphatic rings. The second-order valence-corrected chi connectivity index (χ2v) is 1.86. The van der Waals surface area contributed by atoms with Crippen molar-refractivity contribution in [1.29, 1.82) is 0 Å². The third kappa shape index (κ3) is 1.05. The van der Waals surface area contributed by atoms with Crippen molar-refractivity contribution in [2.75, 3.05) is 13.2 Å². The molecule has 0 aromatic heterocycles. The first-order valence-electron chi connectivity index (χ1n) is 2.57. The average molecular weight is 116 g/mol. The van der Waals surface area contributed by atoms with Crippen LogP contribution in [0.5, 0.6) is 0 Å². The van der Waals surface area contributed by atoms with Gasteiger partial charge >= 0.3 is 0 Å². The SMILES string of the molecule is O=C1COC(CO)C1. The first-order valence-corrected chi connectivity index (χ1v) is 2.57. The summed E-state index contributed by atoms with van der Waals surface area (Å²) in [5, 5.41) is 8.41. The monoisotopic (exact) mass is 116 g/mol. The lowest BCUT2D eigenvalue weighted by atomic mass is 10.2. The van der Waals surface area contributed by atoms with Crippen LogP contribution in [0.3, 0.4) is 0 Å². The Morgan fingerprint density at radius 2 is 2.62 bits per heavy atom. The van der Waals surface area contributed by atoms with Crippen LogP contribution in [0.15, 0.2) is 0 Å². The third-order valence-corrected chi connectivity index (χ3v) is 1.14. The maximum absolute atomic E-state index is 10.4. The van der Waals surface area contributed by atoms with Crippen LogP contribution in [0, 0.1) is 0 Å². The fraction of sp³-hybridized carbons (Fsp3) is 0.800. The van der Waals surface area contributed by atoms with Gasteiger partial charge in [0.2, 0.25) is 0 Å². The molecule has 3 heteroatoms. The summed E-state index contributed by atoms with van der Waals surface area (Å²) in [6, 6.07) is 0. The predicted molar refractivity (Wildman–Crippen MR) is 26.4 cm³/mol. The normalized spacial score (nSPS) is 29.1. The number of carbonyl (C=O) groups is 1. The Kier molecular flexibility index (Phi) is 1.60. The van der Waals surface area contributed by atoms with Crippen molar-refractivity contribution in [1.82, 2.24) is 0 Å². The minimum Gasteiger partial charge on any atom is -0.394 e. The maximum Gasteiger partial charge on any atom is 0.161 e. The lowest BCUT2D eigenvalue weighted by molar-refractivity contribution is -0.117. The highest BCUT2D eigenvalue weighted by Gasteiger charge is 2.21. The number of aliphatic hydroxyl groups excluding tert-OH is 1. The molecule has 1 N–H and O–H groups in total. The Bertz CT molecular complexity index is 99.8. The predicted octanol–water partition coefficient (Wildman–Crippen LogP) is -0.663. The Morgan fingerprint density at radius 3 is 2.88 bits per heavy atom. The van der Waals surface area contributed by atoms with Crippen LogP contribution in [-0.2, 0) is 9.53 Å². The molecule has 3 nitrogen and oxygen atoms in total. The summed E-state index contributed by atoms with van der Waals surface area (Å²) < 4.78 is 4.81. The minimum atomic E-state index is -0.220. The number of Topliss-reactive ketones (excluding diaryl/α,β-unsaturated/α-hetero) is 1. The van der Waals surface area contributed by atoms with Gasteiger partial charge in [-0.25, -0.2) is 0 Å². The number of rotatable bonds is 1. The van der Waals surface area contributed by atoms with E-state index in [-0.39, 0.29) is 25.1 Å². The van der Waals surface area contributed by atoms with Crippen LogP contribution in [0.1, 0.15) is 6.42 Å². The average Bonchev–Trinajstić information content (AvgIpc) is 2.14. The highest BCUT2D eigenvalue weighted by Crippen LogP contribution is 2.06. The van der Waals surface area contributed by atoms with Gasteiger partial charge in [-0.2, -0.15) is 0 Å². The van der Waals surface area contributed by atoms with Gasteiger partial charge in [0.25, 0.3) is 0 Å². The van der Waals surface area contributed by atoms with Crippen LogP contribution in [0.25, 0.3) is 0 Å². The molecule has 1 fully saturated rings. The van der Waals surface area contributed by atoms with E-state index < -0.39 is 0 Å². The second-order valence-electron chi connectivity index (χ2n) is 1.86. The first kappa shape index (κ1) is 5.72. The highest BCUT2D eigenvalue weighted by molar-refractivity contribution is 5.81. The Balaban J connectivity index is 2.32. The van der Waals surface area contributed by atoms with Crippen molar-refractivity contribution in [3.63, 3.8) is 0 Å². The van der Waals surface area contributed by atoms with Crippen molar-refractivity contribution in [3.8, 4) is 0 Å².